The lowest BCUT2D eigenvalue weighted by atomic mass is 9.91. The van der Waals surface area contributed by atoms with Crippen molar-refractivity contribution in [3.8, 4) is 0 Å². The zero-order valence-corrected chi connectivity index (χ0v) is 16.3. The summed E-state index contributed by atoms with van der Waals surface area (Å²) in [6.45, 7) is 5.94. The molecule has 1 unspecified atom stereocenters. The number of hydrogen-bond donors (Lipinski definition) is 0. The molecule has 6 nitrogen and oxygen atoms in total. The van der Waals surface area contributed by atoms with E-state index >= 15 is 0 Å². The number of rotatable bonds is 5. The van der Waals surface area contributed by atoms with Crippen molar-refractivity contribution < 1.29 is 9.59 Å². The Kier molecular flexibility index (Phi) is 5.98. The van der Waals surface area contributed by atoms with Gasteiger partial charge in [-0.15, -0.1) is 0 Å². The van der Waals surface area contributed by atoms with Crippen LogP contribution in [-0.4, -0.2) is 77.1 Å². The second kappa shape index (κ2) is 8.22. The number of hydrogen-bond acceptors (Lipinski definition) is 4. The van der Waals surface area contributed by atoms with E-state index in [-0.39, 0.29) is 11.8 Å². The molecular weight excluding hydrogens is 348 g/mol. The highest BCUT2D eigenvalue weighted by atomic mass is 32.1. The number of unbranched alkanes of at least 4 members (excludes halogenated alkanes) is 2. The van der Waals surface area contributed by atoms with Crippen molar-refractivity contribution in [2.75, 3.05) is 39.8 Å². The molecule has 2 amide bonds. The summed E-state index contributed by atoms with van der Waals surface area (Å²) in [4.78, 5) is 35.6. The molecular formula is C19H26N4O2S. The van der Waals surface area contributed by atoms with Gasteiger partial charge in [-0.2, -0.15) is 0 Å². The molecule has 7 heteroatoms. The van der Waals surface area contributed by atoms with E-state index in [1.54, 1.807) is 23.1 Å². The minimum Gasteiger partial charge on any atom is -0.336 e. The molecule has 26 heavy (non-hydrogen) atoms. The largest absolute Gasteiger partial charge is 0.336 e. The molecule has 1 atom stereocenters. The molecule has 140 valence electrons. The predicted molar refractivity (Wildman–Crippen MR) is 106 cm³/mol. The third-order valence-corrected chi connectivity index (χ3v) is 5.41. The summed E-state index contributed by atoms with van der Waals surface area (Å²) in [5.74, 6) is -0.457. The Bertz CT molecular complexity index is 690. The number of nitrogens with zero attached hydrogens (tertiary/aromatic N) is 4. The second-order valence-electron chi connectivity index (χ2n) is 7.05. The SMILES string of the molecule is CCCCCN1C(=O)C2C=CC(C(=O)N3CCN(C)CC3)=CC2=NC1=S. The van der Waals surface area contributed by atoms with Gasteiger partial charge in [0.15, 0.2) is 0 Å². The highest BCUT2D eigenvalue weighted by Crippen LogP contribution is 2.24. The summed E-state index contributed by atoms with van der Waals surface area (Å²) in [5.41, 5.74) is 1.17. The van der Waals surface area contributed by atoms with E-state index in [4.69, 9.17) is 12.2 Å². The fraction of sp³-hybridized carbons (Fsp3) is 0.579. The highest BCUT2D eigenvalue weighted by molar-refractivity contribution is 7.80. The van der Waals surface area contributed by atoms with E-state index in [1.165, 1.54) is 0 Å². The summed E-state index contributed by atoms with van der Waals surface area (Å²) in [6.07, 6.45) is 8.37. The minimum atomic E-state index is -0.424. The topological polar surface area (TPSA) is 56.2 Å². The first-order valence-corrected chi connectivity index (χ1v) is 9.73. The van der Waals surface area contributed by atoms with Gasteiger partial charge in [-0.1, -0.05) is 31.9 Å². The van der Waals surface area contributed by atoms with Crippen LogP contribution in [0.4, 0.5) is 0 Å². The van der Waals surface area contributed by atoms with E-state index in [0.29, 0.717) is 22.9 Å². The van der Waals surface area contributed by atoms with Gasteiger partial charge in [-0.3, -0.25) is 14.5 Å². The van der Waals surface area contributed by atoms with Gasteiger partial charge in [-0.05, 0) is 31.8 Å². The molecule has 3 rings (SSSR count). The smallest absolute Gasteiger partial charge is 0.253 e. The molecule has 0 aromatic carbocycles. The third-order valence-electron chi connectivity index (χ3n) is 5.10. The van der Waals surface area contributed by atoms with Crippen molar-refractivity contribution in [3.05, 3.63) is 23.8 Å². The number of carbonyl (C=O) groups excluding carboxylic acids is 2. The molecule has 0 bridgehead atoms. The van der Waals surface area contributed by atoms with Crippen LogP contribution in [0.15, 0.2) is 28.8 Å². The lowest BCUT2D eigenvalue weighted by Gasteiger charge is -2.34. The van der Waals surface area contributed by atoms with E-state index < -0.39 is 5.92 Å². The molecule has 0 saturated carbocycles. The number of likely N-dealkylation sites (N-methyl/N-ethyl adjacent to an activating group) is 1. The van der Waals surface area contributed by atoms with Crippen LogP contribution in [0.3, 0.4) is 0 Å². The van der Waals surface area contributed by atoms with E-state index in [9.17, 15) is 9.59 Å². The van der Waals surface area contributed by atoms with Gasteiger partial charge in [0.05, 0.1) is 11.6 Å². The fourth-order valence-corrected chi connectivity index (χ4v) is 3.68. The van der Waals surface area contributed by atoms with Crippen molar-refractivity contribution in [1.82, 2.24) is 14.7 Å². The van der Waals surface area contributed by atoms with E-state index in [0.717, 1.165) is 45.4 Å². The molecule has 1 aliphatic carbocycles. The molecule has 0 radical (unpaired) electrons. The van der Waals surface area contributed by atoms with Crippen molar-refractivity contribution in [3.63, 3.8) is 0 Å². The van der Waals surface area contributed by atoms with Gasteiger partial charge in [-0.25, -0.2) is 4.99 Å². The zero-order chi connectivity index (χ0) is 18.7. The minimum absolute atomic E-state index is 0.000701. The Morgan fingerprint density at radius 1 is 1.27 bits per heavy atom. The van der Waals surface area contributed by atoms with Gasteiger partial charge in [0, 0.05) is 38.3 Å². The summed E-state index contributed by atoms with van der Waals surface area (Å²) in [5, 5.41) is 0.315. The maximum absolute atomic E-state index is 12.8. The lowest BCUT2D eigenvalue weighted by molar-refractivity contribution is -0.129. The summed E-state index contributed by atoms with van der Waals surface area (Å²) < 4.78 is 0. The Hall–Kier alpha value is -1.86. The maximum atomic E-state index is 12.8. The van der Waals surface area contributed by atoms with Gasteiger partial charge in [0.1, 0.15) is 0 Å². The van der Waals surface area contributed by atoms with Crippen LogP contribution >= 0.6 is 12.2 Å². The van der Waals surface area contributed by atoms with Crippen molar-refractivity contribution in [1.29, 1.82) is 0 Å². The van der Waals surface area contributed by atoms with Crippen LogP contribution in [0.25, 0.3) is 0 Å². The molecule has 2 aliphatic heterocycles. The molecule has 1 saturated heterocycles. The van der Waals surface area contributed by atoms with Crippen LogP contribution in [0, 0.1) is 5.92 Å². The average Bonchev–Trinajstić information content (AvgIpc) is 2.64. The van der Waals surface area contributed by atoms with Gasteiger partial charge < -0.3 is 9.80 Å². The van der Waals surface area contributed by atoms with Crippen LogP contribution in [0.1, 0.15) is 26.2 Å². The van der Waals surface area contributed by atoms with E-state index in [2.05, 4.69) is 23.9 Å². The quantitative estimate of drug-likeness (QED) is 0.542. The standard InChI is InChI=1S/C19H26N4O2S/c1-3-4-5-8-23-18(25)15-7-6-14(13-16(15)20-19(23)26)17(24)22-11-9-21(2)10-12-22/h6-7,13,15H,3-5,8-12H2,1-2H3. The first kappa shape index (κ1) is 18.9. The number of carbonyl (C=O) groups is 2. The molecule has 0 N–H and O–H groups in total. The highest BCUT2D eigenvalue weighted by Gasteiger charge is 2.35. The Labute approximate surface area is 160 Å². The number of amides is 2. The molecule has 0 spiro atoms. The Morgan fingerprint density at radius 3 is 2.69 bits per heavy atom. The monoisotopic (exact) mass is 374 g/mol. The van der Waals surface area contributed by atoms with Gasteiger partial charge in [0.2, 0.25) is 11.0 Å². The molecule has 0 aromatic rings. The van der Waals surface area contributed by atoms with Crippen LogP contribution in [0.2, 0.25) is 0 Å². The first-order valence-electron chi connectivity index (χ1n) is 9.33. The summed E-state index contributed by atoms with van der Waals surface area (Å²) >= 11 is 5.33. The van der Waals surface area contributed by atoms with Crippen molar-refractivity contribution in [2.24, 2.45) is 10.9 Å². The zero-order valence-electron chi connectivity index (χ0n) is 15.5. The number of piperazine rings is 1. The normalized spacial score (nSPS) is 23.7. The molecule has 0 aromatic heterocycles. The Morgan fingerprint density at radius 2 is 2.00 bits per heavy atom. The van der Waals surface area contributed by atoms with Crippen molar-refractivity contribution >= 4 is 34.9 Å². The van der Waals surface area contributed by atoms with Crippen molar-refractivity contribution in [2.45, 2.75) is 26.2 Å². The van der Waals surface area contributed by atoms with Crippen LogP contribution in [-0.2, 0) is 9.59 Å². The van der Waals surface area contributed by atoms with Gasteiger partial charge >= 0.3 is 0 Å². The average molecular weight is 375 g/mol. The third kappa shape index (κ3) is 3.94. The first-order chi connectivity index (χ1) is 12.5. The molecule has 2 heterocycles. The summed E-state index contributed by atoms with van der Waals surface area (Å²) in [6, 6.07) is 0. The molecule has 1 fully saturated rings. The number of fused-ring (bicyclic) bond motifs is 1. The van der Waals surface area contributed by atoms with Crippen LogP contribution < -0.4 is 0 Å². The second-order valence-corrected chi connectivity index (χ2v) is 7.41. The lowest BCUT2D eigenvalue weighted by Crippen LogP contribution is -2.48. The summed E-state index contributed by atoms with van der Waals surface area (Å²) in [7, 11) is 2.06. The predicted octanol–water partition coefficient (Wildman–Crippen LogP) is 1.63. The fourth-order valence-electron chi connectivity index (χ4n) is 3.39. The number of aliphatic imine (C=N–C) groups is 1. The number of thiocarbonyl (C=S) groups is 1. The maximum Gasteiger partial charge on any atom is 0.253 e. The van der Waals surface area contributed by atoms with E-state index in [1.807, 2.05) is 4.90 Å². The molecule has 3 aliphatic rings. The number of allylic oxidation sites excluding steroid dienone is 1. The Balaban J connectivity index is 1.72. The van der Waals surface area contributed by atoms with Gasteiger partial charge in [0.25, 0.3) is 5.91 Å². The van der Waals surface area contributed by atoms with Crippen LogP contribution in [0.5, 0.6) is 0 Å².